The number of para-hydroxylation sites is 1. The fourth-order valence-electron chi connectivity index (χ4n) is 2.75. The van der Waals surface area contributed by atoms with E-state index < -0.39 is 17.7 Å². The van der Waals surface area contributed by atoms with Crippen molar-refractivity contribution in [2.24, 2.45) is 0 Å². The maximum Gasteiger partial charge on any atom is 0.220 e. The number of benzene rings is 2. The number of carbonyl (C=O) groups is 2. The largest absolute Gasteiger partial charge is 0.490 e. The van der Waals surface area contributed by atoms with Crippen LogP contribution in [0.15, 0.2) is 42.5 Å². The van der Waals surface area contributed by atoms with Crippen molar-refractivity contribution >= 4 is 11.7 Å². The van der Waals surface area contributed by atoms with Gasteiger partial charge in [0.2, 0.25) is 5.91 Å². The van der Waals surface area contributed by atoms with Gasteiger partial charge in [-0.05, 0) is 42.7 Å². The number of nitrogens with one attached hydrogen (secondary N) is 1. The number of ketones is 1. The molecule has 2 aromatic carbocycles. The number of halogens is 2. The number of hydrogen-bond donors (Lipinski definition) is 1. The molecule has 0 aliphatic carbocycles. The highest BCUT2D eigenvalue weighted by Crippen LogP contribution is 2.24. The third-order valence-electron chi connectivity index (χ3n) is 4.06. The lowest BCUT2D eigenvalue weighted by atomic mass is 10.0. The van der Waals surface area contributed by atoms with Crippen molar-refractivity contribution in [3.63, 3.8) is 0 Å². The maximum absolute atomic E-state index is 13.1. The molecule has 130 valence electrons. The minimum atomic E-state index is -0.898. The Morgan fingerprint density at radius 2 is 1.96 bits per heavy atom. The number of carbonyl (C=O) groups excluding carboxylic acids is 2. The first-order valence-corrected chi connectivity index (χ1v) is 8.04. The quantitative estimate of drug-likeness (QED) is 0.906. The Morgan fingerprint density at radius 3 is 2.76 bits per heavy atom. The lowest BCUT2D eigenvalue weighted by Crippen LogP contribution is -2.47. The van der Waals surface area contributed by atoms with Gasteiger partial charge in [0, 0.05) is 6.42 Å². The van der Waals surface area contributed by atoms with Gasteiger partial charge in [0.1, 0.15) is 18.4 Å². The molecule has 0 bridgehead atoms. The summed E-state index contributed by atoms with van der Waals surface area (Å²) in [6.45, 7) is 0.102. The molecule has 3 rings (SSSR count). The van der Waals surface area contributed by atoms with Crippen molar-refractivity contribution in [2.45, 2.75) is 25.3 Å². The summed E-state index contributed by atoms with van der Waals surface area (Å²) < 4.78 is 31.5. The molecule has 0 fully saturated rings. The van der Waals surface area contributed by atoms with Crippen LogP contribution in [-0.4, -0.2) is 24.3 Å². The van der Waals surface area contributed by atoms with Gasteiger partial charge in [-0.1, -0.05) is 18.2 Å². The van der Waals surface area contributed by atoms with Gasteiger partial charge in [-0.3, -0.25) is 9.59 Å². The minimum absolute atomic E-state index is 0.102. The van der Waals surface area contributed by atoms with Gasteiger partial charge in [0.05, 0.1) is 5.56 Å². The molecular formula is C19H17F2NO3. The van der Waals surface area contributed by atoms with Crippen LogP contribution in [0.4, 0.5) is 8.78 Å². The molecule has 2 aromatic rings. The van der Waals surface area contributed by atoms with Crippen LogP contribution in [0.5, 0.6) is 5.75 Å². The van der Waals surface area contributed by atoms with Gasteiger partial charge < -0.3 is 10.1 Å². The summed E-state index contributed by atoms with van der Waals surface area (Å²) in [4.78, 5) is 24.4. The number of aryl methyl sites for hydroxylation is 1. The predicted molar refractivity (Wildman–Crippen MR) is 87.5 cm³/mol. The summed E-state index contributed by atoms with van der Waals surface area (Å²) in [5.41, 5.74) is 1.08. The summed E-state index contributed by atoms with van der Waals surface area (Å²) in [6, 6.07) is 9.89. The summed E-state index contributed by atoms with van der Waals surface area (Å²) in [6.07, 6.45) is 1.10. The first kappa shape index (κ1) is 17.1. The Kier molecular flexibility index (Phi) is 5.07. The van der Waals surface area contributed by atoms with Gasteiger partial charge in [0.25, 0.3) is 0 Å². The van der Waals surface area contributed by atoms with Crippen molar-refractivity contribution in [3.05, 3.63) is 65.2 Å². The minimum Gasteiger partial charge on any atom is -0.490 e. The lowest BCUT2D eigenvalue weighted by Gasteiger charge is -2.24. The zero-order valence-corrected chi connectivity index (χ0v) is 13.4. The Hall–Kier alpha value is -2.76. The average Bonchev–Trinajstić information content (AvgIpc) is 2.61. The Morgan fingerprint density at radius 1 is 1.16 bits per heavy atom. The molecule has 4 nitrogen and oxygen atoms in total. The van der Waals surface area contributed by atoms with E-state index in [1.54, 1.807) is 24.3 Å². The molecule has 1 aliphatic rings. The Balaban J connectivity index is 1.50. The third-order valence-corrected chi connectivity index (χ3v) is 4.06. The van der Waals surface area contributed by atoms with Crippen LogP contribution >= 0.6 is 0 Å². The molecule has 1 aliphatic heterocycles. The fourth-order valence-corrected chi connectivity index (χ4v) is 2.75. The summed E-state index contributed by atoms with van der Waals surface area (Å²) in [7, 11) is 0. The van der Waals surface area contributed by atoms with E-state index in [1.807, 2.05) is 0 Å². The van der Waals surface area contributed by atoms with Crippen molar-refractivity contribution in [1.82, 2.24) is 5.32 Å². The molecule has 6 heteroatoms. The summed E-state index contributed by atoms with van der Waals surface area (Å²) in [5, 5.41) is 2.67. The second kappa shape index (κ2) is 7.42. The van der Waals surface area contributed by atoms with Gasteiger partial charge in [-0.2, -0.15) is 0 Å². The van der Waals surface area contributed by atoms with Crippen molar-refractivity contribution in [1.29, 1.82) is 0 Å². The van der Waals surface area contributed by atoms with E-state index in [9.17, 15) is 18.4 Å². The smallest absolute Gasteiger partial charge is 0.220 e. The van der Waals surface area contributed by atoms with Crippen molar-refractivity contribution in [3.8, 4) is 5.75 Å². The van der Waals surface area contributed by atoms with Crippen LogP contribution < -0.4 is 10.1 Å². The number of Topliss-reactive ketones (excluding diaryl/α,β-unsaturated/α-hetero) is 1. The molecule has 0 spiro atoms. The maximum atomic E-state index is 13.1. The van der Waals surface area contributed by atoms with Crippen molar-refractivity contribution in [2.75, 3.05) is 6.61 Å². The summed E-state index contributed by atoms with van der Waals surface area (Å²) in [5.74, 6) is -1.71. The molecule has 1 heterocycles. The molecule has 1 unspecified atom stereocenters. The van der Waals surface area contributed by atoms with Gasteiger partial charge in [-0.15, -0.1) is 0 Å². The molecule has 1 amide bonds. The van der Waals surface area contributed by atoms with E-state index >= 15 is 0 Å². The number of ether oxygens (including phenoxy) is 1. The summed E-state index contributed by atoms with van der Waals surface area (Å²) >= 11 is 0. The van der Waals surface area contributed by atoms with Crippen LogP contribution in [0.2, 0.25) is 0 Å². The van der Waals surface area contributed by atoms with Gasteiger partial charge >= 0.3 is 0 Å². The zero-order chi connectivity index (χ0) is 17.8. The molecule has 0 aromatic heterocycles. The number of amides is 1. The van der Waals surface area contributed by atoms with E-state index in [-0.39, 0.29) is 24.7 Å². The van der Waals surface area contributed by atoms with Crippen molar-refractivity contribution < 1.29 is 23.1 Å². The van der Waals surface area contributed by atoms with E-state index in [2.05, 4.69) is 5.32 Å². The molecule has 25 heavy (non-hydrogen) atoms. The molecule has 1 N–H and O–H groups in total. The second-order valence-electron chi connectivity index (χ2n) is 5.89. The van der Waals surface area contributed by atoms with Crippen LogP contribution in [-0.2, 0) is 11.2 Å². The molecule has 0 saturated heterocycles. The van der Waals surface area contributed by atoms with Gasteiger partial charge in [0.15, 0.2) is 17.4 Å². The monoisotopic (exact) mass is 345 g/mol. The molecule has 0 saturated carbocycles. The Bertz CT molecular complexity index is 807. The molecule has 1 atom stereocenters. The standard InChI is InChI=1S/C19H17F2NO3/c20-14-9-8-12(10-15(14)21)4-3-7-18(23)22-16-11-25-17-6-2-1-5-13(17)19(16)24/h1-2,5-6,8-10,16H,3-4,7,11H2,(H,22,23). The zero-order valence-electron chi connectivity index (χ0n) is 13.4. The first-order chi connectivity index (χ1) is 12.0. The predicted octanol–water partition coefficient (Wildman–Crippen LogP) is 3.05. The lowest BCUT2D eigenvalue weighted by molar-refractivity contribution is -0.121. The van der Waals surface area contributed by atoms with Gasteiger partial charge in [-0.25, -0.2) is 8.78 Å². The highest BCUT2D eigenvalue weighted by atomic mass is 19.2. The molecule has 0 radical (unpaired) electrons. The molecular weight excluding hydrogens is 328 g/mol. The second-order valence-corrected chi connectivity index (χ2v) is 5.89. The van der Waals surface area contributed by atoms with E-state index in [1.165, 1.54) is 6.07 Å². The van der Waals surface area contributed by atoms with Crippen LogP contribution in [0.25, 0.3) is 0 Å². The SMILES string of the molecule is O=C(CCCc1ccc(F)c(F)c1)NC1COc2ccccc2C1=O. The van der Waals surface area contributed by atoms with Crippen LogP contribution in [0, 0.1) is 11.6 Å². The highest BCUT2D eigenvalue weighted by Gasteiger charge is 2.29. The number of hydrogen-bond acceptors (Lipinski definition) is 3. The average molecular weight is 345 g/mol. The van der Waals surface area contributed by atoms with E-state index in [4.69, 9.17) is 4.74 Å². The first-order valence-electron chi connectivity index (χ1n) is 8.04. The number of fused-ring (bicyclic) bond motifs is 1. The van der Waals surface area contributed by atoms with E-state index in [0.29, 0.717) is 29.7 Å². The number of rotatable bonds is 5. The highest BCUT2D eigenvalue weighted by molar-refractivity contribution is 6.04. The fraction of sp³-hybridized carbons (Fsp3) is 0.263. The topological polar surface area (TPSA) is 55.4 Å². The normalized spacial score (nSPS) is 16.1. The van der Waals surface area contributed by atoms with Crippen LogP contribution in [0.3, 0.4) is 0 Å². The van der Waals surface area contributed by atoms with Crippen LogP contribution in [0.1, 0.15) is 28.8 Å². The Labute approximate surface area is 143 Å². The van der Waals surface area contributed by atoms with E-state index in [0.717, 1.165) is 12.1 Å². The third kappa shape index (κ3) is 4.02.